The first-order chi connectivity index (χ1) is 3.97. The Hall–Kier alpha value is -0.970. The highest BCUT2D eigenvalue weighted by molar-refractivity contribution is 7.10. The van der Waals surface area contributed by atoms with Crippen molar-refractivity contribution >= 4 is 16.5 Å². The Morgan fingerprint density at radius 2 is 2.62 bits per heavy atom. The molecule has 8 heavy (non-hydrogen) atoms. The van der Waals surface area contributed by atoms with Crippen molar-refractivity contribution in [2.24, 2.45) is 0 Å². The Bertz CT molecular complexity index is 233. The molecular weight excluding hydrogens is 124 g/mol. The SMILES string of the molecule is c1cn2nnsc2n1. The van der Waals surface area contributed by atoms with Gasteiger partial charge in [0.05, 0.1) is 6.20 Å². The molecule has 0 aliphatic heterocycles. The van der Waals surface area contributed by atoms with Crippen molar-refractivity contribution in [1.82, 2.24) is 19.2 Å². The summed E-state index contributed by atoms with van der Waals surface area (Å²) in [5, 5.41) is 3.70. The smallest absolute Gasteiger partial charge is 0.225 e. The summed E-state index contributed by atoms with van der Waals surface area (Å²) in [4.78, 5) is 4.77. The maximum Gasteiger partial charge on any atom is 0.231 e. The van der Waals surface area contributed by atoms with E-state index in [1.165, 1.54) is 11.5 Å². The first-order valence-corrected chi connectivity index (χ1v) is 2.86. The normalized spacial score (nSPS) is 10.5. The highest BCUT2D eigenvalue weighted by Gasteiger charge is 1.92. The fraction of sp³-hybridized carbons (Fsp3) is 0. The molecule has 0 radical (unpaired) electrons. The van der Waals surface area contributed by atoms with Crippen molar-refractivity contribution in [2.45, 2.75) is 0 Å². The number of imidazole rings is 1. The lowest BCUT2D eigenvalue weighted by Crippen LogP contribution is -1.77. The molecule has 0 N–H and O–H groups in total. The molecule has 0 amide bonds. The first-order valence-electron chi connectivity index (χ1n) is 2.08. The van der Waals surface area contributed by atoms with Gasteiger partial charge in [0, 0.05) is 17.7 Å². The third kappa shape index (κ3) is 0.362. The van der Waals surface area contributed by atoms with Crippen LogP contribution < -0.4 is 0 Å². The predicted molar refractivity (Wildman–Crippen MR) is 28.7 cm³/mol. The zero-order valence-electron chi connectivity index (χ0n) is 3.85. The Morgan fingerprint density at radius 3 is 3.50 bits per heavy atom. The van der Waals surface area contributed by atoms with Crippen LogP contribution >= 0.6 is 11.5 Å². The molecule has 0 saturated carbocycles. The van der Waals surface area contributed by atoms with E-state index >= 15 is 0 Å². The van der Waals surface area contributed by atoms with E-state index in [1.54, 1.807) is 16.9 Å². The Labute approximate surface area is 48.9 Å². The zero-order chi connectivity index (χ0) is 5.40. The third-order valence-electron chi connectivity index (χ3n) is 0.844. The van der Waals surface area contributed by atoms with Gasteiger partial charge in [-0.2, -0.15) is 4.52 Å². The topological polar surface area (TPSA) is 43.1 Å². The standard InChI is InChI=1S/C3H2N4S/c1-2-7-3(4-1)8-6-5-7/h1-2H. The van der Waals surface area contributed by atoms with Gasteiger partial charge in [-0.25, -0.2) is 4.98 Å². The summed E-state index contributed by atoms with van der Waals surface area (Å²) < 4.78 is 5.28. The van der Waals surface area contributed by atoms with Gasteiger partial charge in [-0.3, -0.25) is 0 Å². The monoisotopic (exact) mass is 126 g/mol. The van der Waals surface area contributed by atoms with Gasteiger partial charge < -0.3 is 0 Å². The van der Waals surface area contributed by atoms with Crippen LogP contribution in [-0.2, 0) is 0 Å². The van der Waals surface area contributed by atoms with Gasteiger partial charge >= 0.3 is 0 Å². The Kier molecular flexibility index (Phi) is 0.621. The van der Waals surface area contributed by atoms with E-state index in [4.69, 9.17) is 0 Å². The second kappa shape index (κ2) is 1.25. The number of hydrogen-bond donors (Lipinski definition) is 0. The maximum absolute atomic E-state index is 3.94. The lowest BCUT2D eigenvalue weighted by Gasteiger charge is -1.66. The van der Waals surface area contributed by atoms with Gasteiger partial charge in [0.2, 0.25) is 4.96 Å². The van der Waals surface area contributed by atoms with Crippen LogP contribution in [0.4, 0.5) is 0 Å². The Balaban J connectivity index is 3.06. The van der Waals surface area contributed by atoms with E-state index in [-0.39, 0.29) is 0 Å². The molecule has 0 bridgehead atoms. The molecule has 2 heterocycles. The van der Waals surface area contributed by atoms with Gasteiger partial charge in [0.25, 0.3) is 0 Å². The van der Waals surface area contributed by atoms with Crippen molar-refractivity contribution in [1.29, 1.82) is 0 Å². The fourth-order valence-corrected chi connectivity index (χ4v) is 0.988. The first kappa shape index (κ1) is 3.96. The summed E-state index contributed by atoms with van der Waals surface area (Å²) in [7, 11) is 0. The molecule has 0 spiro atoms. The van der Waals surface area contributed by atoms with Crippen molar-refractivity contribution in [3.8, 4) is 0 Å². The van der Waals surface area contributed by atoms with Crippen LogP contribution in [0.1, 0.15) is 0 Å². The van der Waals surface area contributed by atoms with Crippen molar-refractivity contribution in [2.75, 3.05) is 0 Å². The van der Waals surface area contributed by atoms with Crippen LogP contribution in [0, 0.1) is 0 Å². The van der Waals surface area contributed by atoms with E-state index in [2.05, 4.69) is 14.7 Å². The summed E-state index contributed by atoms with van der Waals surface area (Å²) in [6.07, 6.45) is 3.46. The number of hydrogen-bond acceptors (Lipinski definition) is 4. The van der Waals surface area contributed by atoms with Crippen molar-refractivity contribution in [3.05, 3.63) is 12.4 Å². The molecule has 0 atom stereocenters. The molecule has 5 heteroatoms. The minimum Gasteiger partial charge on any atom is -0.225 e. The molecule has 2 aromatic rings. The summed E-state index contributed by atoms with van der Waals surface area (Å²) in [5.41, 5.74) is 0. The highest BCUT2D eigenvalue weighted by atomic mass is 32.1. The Morgan fingerprint density at radius 1 is 1.62 bits per heavy atom. The minimum absolute atomic E-state index is 0.838. The molecule has 40 valence electrons. The van der Waals surface area contributed by atoms with E-state index in [0.29, 0.717) is 0 Å². The summed E-state index contributed by atoms with van der Waals surface area (Å²) in [6.45, 7) is 0. The zero-order valence-corrected chi connectivity index (χ0v) is 4.67. The average molecular weight is 126 g/mol. The number of nitrogens with zero attached hydrogens (tertiary/aromatic N) is 4. The van der Waals surface area contributed by atoms with Crippen LogP contribution in [0.5, 0.6) is 0 Å². The van der Waals surface area contributed by atoms with Gasteiger partial charge in [-0.05, 0) is 5.21 Å². The molecular formula is C3H2N4S. The second-order valence-corrected chi connectivity index (χ2v) is 2.03. The lowest BCUT2D eigenvalue weighted by atomic mass is 11.0. The highest BCUT2D eigenvalue weighted by Crippen LogP contribution is 1.99. The molecule has 0 aliphatic rings. The number of aromatic nitrogens is 4. The quantitative estimate of drug-likeness (QED) is 0.506. The summed E-state index contributed by atoms with van der Waals surface area (Å²) >= 11 is 1.28. The molecule has 0 fully saturated rings. The molecule has 4 nitrogen and oxygen atoms in total. The van der Waals surface area contributed by atoms with Crippen LogP contribution in [0.25, 0.3) is 4.96 Å². The van der Waals surface area contributed by atoms with E-state index in [1.807, 2.05) is 0 Å². The van der Waals surface area contributed by atoms with Crippen LogP contribution in [0.15, 0.2) is 12.4 Å². The average Bonchev–Trinajstić information content (AvgIpc) is 2.15. The molecule has 2 aromatic heterocycles. The van der Waals surface area contributed by atoms with E-state index in [9.17, 15) is 0 Å². The van der Waals surface area contributed by atoms with E-state index in [0.717, 1.165) is 4.96 Å². The minimum atomic E-state index is 0.838. The van der Waals surface area contributed by atoms with Crippen molar-refractivity contribution in [3.63, 3.8) is 0 Å². The van der Waals surface area contributed by atoms with Gasteiger partial charge in [0.15, 0.2) is 0 Å². The van der Waals surface area contributed by atoms with Crippen LogP contribution in [-0.4, -0.2) is 19.2 Å². The summed E-state index contributed by atoms with van der Waals surface area (Å²) in [6, 6.07) is 0. The third-order valence-corrected chi connectivity index (χ3v) is 1.45. The van der Waals surface area contributed by atoms with Crippen LogP contribution in [0.2, 0.25) is 0 Å². The van der Waals surface area contributed by atoms with Gasteiger partial charge in [-0.1, -0.05) is 4.49 Å². The summed E-state index contributed by atoms with van der Waals surface area (Å²) in [5.74, 6) is 0. The van der Waals surface area contributed by atoms with Gasteiger partial charge in [0.1, 0.15) is 0 Å². The molecule has 2 rings (SSSR count). The van der Waals surface area contributed by atoms with E-state index < -0.39 is 0 Å². The largest absolute Gasteiger partial charge is 0.231 e. The predicted octanol–water partition coefficient (Wildman–Crippen LogP) is 0.186. The molecule has 0 aliphatic carbocycles. The second-order valence-electron chi connectivity index (χ2n) is 1.32. The van der Waals surface area contributed by atoms with Crippen LogP contribution in [0.3, 0.4) is 0 Å². The lowest BCUT2D eigenvalue weighted by molar-refractivity contribution is 0.875. The number of fused-ring (bicyclic) bond motifs is 1. The molecule has 0 saturated heterocycles. The number of rotatable bonds is 0. The van der Waals surface area contributed by atoms with Gasteiger partial charge in [-0.15, -0.1) is 0 Å². The fourth-order valence-electron chi connectivity index (χ4n) is 0.511. The molecule has 0 aromatic carbocycles. The molecule has 0 unspecified atom stereocenters. The van der Waals surface area contributed by atoms with Crippen molar-refractivity contribution < 1.29 is 0 Å². The maximum atomic E-state index is 3.94.